The predicted octanol–water partition coefficient (Wildman–Crippen LogP) is 4.93. The Labute approximate surface area is 175 Å². The van der Waals surface area contributed by atoms with Gasteiger partial charge in [-0.05, 0) is 55.3 Å². The van der Waals surface area contributed by atoms with Crippen molar-refractivity contribution in [3.05, 3.63) is 84.2 Å². The Kier molecular flexibility index (Phi) is 4.64. The van der Waals surface area contributed by atoms with Crippen molar-refractivity contribution in [3.8, 4) is 11.3 Å². The first kappa shape index (κ1) is 18.3. The molecule has 0 unspecified atom stereocenters. The van der Waals surface area contributed by atoms with Crippen molar-refractivity contribution in [2.75, 3.05) is 23.3 Å². The number of para-hydroxylation sites is 1. The van der Waals surface area contributed by atoms with Crippen LogP contribution in [0, 0.1) is 0 Å². The number of hydrogen-bond donors (Lipinski definition) is 1. The summed E-state index contributed by atoms with van der Waals surface area (Å²) in [5, 5.41) is 3.93. The van der Waals surface area contributed by atoms with Gasteiger partial charge in [0.1, 0.15) is 0 Å². The third-order valence-corrected chi connectivity index (χ3v) is 5.65. The molecule has 5 nitrogen and oxygen atoms in total. The van der Waals surface area contributed by atoms with E-state index in [0.717, 1.165) is 47.4 Å². The maximum absolute atomic E-state index is 13.3. The molecule has 2 aromatic carbocycles. The molecule has 5 rings (SSSR count). The Balaban J connectivity index is 1.54. The van der Waals surface area contributed by atoms with E-state index in [1.807, 2.05) is 48.5 Å². The first-order valence-corrected chi connectivity index (χ1v) is 10.2. The van der Waals surface area contributed by atoms with E-state index in [-0.39, 0.29) is 5.91 Å². The van der Waals surface area contributed by atoms with Gasteiger partial charge in [-0.25, -0.2) is 4.98 Å². The van der Waals surface area contributed by atoms with Crippen LogP contribution in [-0.4, -0.2) is 29.0 Å². The van der Waals surface area contributed by atoms with Gasteiger partial charge in [-0.15, -0.1) is 0 Å². The number of fused-ring (bicyclic) bond motifs is 2. The Morgan fingerprint density at radius 3 is 2.73 bits per heavy atom. The molecule has 1 aliphatic heterocycles. The molecule has 1 amide bonds. The minimum atomic E-state index is -0.134. The molecule has 5 heteroatoms. The second-order valence-electron chi connectivity index (χ2n) is 7.44. The van der Waals surface area contributed by atoms with E-state index in [1.54, 1.807) is 12.4 Å². The maximum atomic E-state index is 13.3. The van der Waals surface area contributed by atoms with Gasteiger partial charge in [-0.1, -0.05) is 24.3 Å². The largest absolute Gasteiger partial charge is 0.371 e. The number of likely N-dealkylation sites (N-methyl/N-ethyl adjacent to an activating group) is 1. The average molecular weight is 394 g/mol. The zero-order chi connectivity index (χ0) is 20.5. The van der Waals surface area contributed by atoms with Crippen molar-refractivity contribution in [2.24, 2.45) is 0 Å². The number of carbonyl (C=O) groups excluding carboxylic acids is 1. The second kappa shape index (κ2) is 7.59. The molecule has 0 saturated carbocycles. The van der Waals surface area contributed by atoms with Gasteiger partial charge < -0.3 is 10.2 Å². The third-order valence-electron chi connectivity index (χ3n) is 5.65. The number of aromatic nitrogens is 2. The third kappa shape index (κ3) is 3.28. The van der Waals surface area contributed by atoms with Gasteiger partial charge in [0.15, 0.2) is 0 Å². The van der Waals surface area contributed by atoms with Crippen LogP contribution in [0.25, 0.3) is 22.2 Å². The summed E-state index contributed by atoms with van der Waals surface area (Å²) in [6.45, 7) is 4.16. The maximum Gasteiger partial charge on any atom is 0.256 e. The molecule has 4 aromatic rings. The van der Waals surface area contributed by atoms with E-state index >= 15 is 0 Å². The summed E-state index contributed by atoms with van der Waals surface area (Å²) in [6.07, 6.45) is 4.52. The highest BCUT2D eigenvalue weighted by molar-refractivity contribution is 6.13. The summed E-state index contributed by atoms with van der Waals surface area (Å²) in [5.74, 6) is -0.134. The van der Waals surface area contributed by atoms with Crippen LogP contribution in [0.5, 0.6) is 0 Å². The summed E-state index contributed by atoms with van der Waals surface area (Å²) >= 11 is 0. The lowest BCUT2D eigenvalue weighted by Gasteiger charge is -2.17. The lowest BCUT2D eigenvalue weighted by molar-refractivity contribution is 0.102. The molecule has 1 N–H and O–H groups in total. The molecule has 0 radical (unpaired) electrons. The average Bonchev–Trinajstić information content (AvgIpc) is 3.21. The van der Waals surface area contributed by atoms with Crippen molar-refractivity contribution in [3.63, 3.8) is 0 Å². The first-order valence-electron chi connectivity index (χ1n) is 10.2. The topological polar surface area (TPSA) is 58.1 Å². The fourth-order valence-corrected chi connectivity index (χ4v) is 4.08. The number of carbonyl (C=O) groups is 1. The molecule has 3 heterocycles. The van der Waals surface area contributed by atoms with Gasteiger partial charge in [0.2, 0.25) is 0 Å². The molecule has 0 bridgehead atoms. The highest BCUT2D eigenvalue weighted by Gasteiger charge is 2.19. The van der Waals surface area contributed by atoms with Crippen molar-refractivity contribution in [1.82, 2.24) is 9.97 Å². The van der Waals surface area contributed by atoms with Crippen LogP contribution in [-0.2, 0) is 6.42 Å². The van der Waals surface area contributed by atoms with Gasteiger partial charge in [0.25, 0.3) is 5.91 Å². The Hall–Kier alpha value is -3.73. The molecule has 0 atom stereocenters. The number of benzene rings is 2. The highest BCUT2D eigenvalue weighted by Crippen LogP contribution is 2.31. The van der Waals surface area contributed by atoms with Crippen molar-refractivity contribution < 1.29 is 4.79 Å². The monoisotopic (exact) mass is 394 g/mol. The normalized spacial score (nSPS) is 12.8. The van der Waals surface area contributed by atoms with Crippen LogP contribution < -0.4 is 10.2 Å². The zero-order valence-corrected chi connectivity index (χ0v) is 16.8. The van der Waals surface area contributed by atoms with Gasteiger partial charge >= 0.3 is 0 Å². The first-order chi connectivity index (χ1) is 14.7. The molecular formula is C25H22N4O. The molecule has 2 aromatic heterocycles. The Bertz CT molecular complexity index is 1240. The summed E-state index contributed by atoms with van der Waals surface area (Å²) in [7, 11) is 0. The van der Waals surface area contributed by atoms with E-state index < -0.39 is 0 Å². The minimum Gasteiger partial charge on any atom is -0.371 e. The lowest BCUT2D eigenvalue weighted by atomic mass is 10.0. The van der Waals surface area contributed by atoms with Crippen molar-refractivity contribution in [1.29, 1.82) is 0 Å². The summed E-state index contributed by atoms with van der Waals surface area (Å²) in [5.41, 5.74) is 6.46. The number of anilines is 2. The standard InChI is InChI=1S/C25H22N4O/c1-2-29-14-11-18-7-8-19(15-24(18)29)27-25(30)21-16-23(17-9-12-26-13-10-17)28-22-6-4-3-5-20(21)22/h3-10,12-13,15-16H,2,11,14H2,1H3,(H,27,30). The number of hydrogen-bond acceptors (Lipinski definition) is 4. The Morgan fingerprint density at radius 1 is 1.07 bits per heavy atom. The molecule has 148 valence electrons. The van der Waals surface area contributed by atoms with E-state index in [2.05, 4.69) is 34.3 Å². The fourth-order valence-electron chi connectivity index (χ4n) is 4.08. The van der Waals surface area contributed by atoms with Gasteiger partial charge in [0, 0.05) is 47.8 Å². The number of pyridine rings is 2. The second-order valence-corrected chi connectivity index (χ2v) is 7.44. The summed E-state index contributed by atoms with van der Waals surface area (Å²) in [4.78, 5) is 24.5. The van der Waals surface area contributed by atoms with Gasteiger partial charge in [-0.3, -0.25) is 9.78 Å². The van der Waals surface area contributed by atoms with E-state index in [9.17, 15) is 4.79 Å². The van der Waals surface area contributed by atoms with Gasteiger partial charge in [-0.2, -0.15) is 0 Å². The zero-order valence-electron chi connectivity index (χ0n) is 16.8. The van der Waals surface area contributed by atoms with Crippen LogP contribution in [0.15, 0.2) is 73.1 Å². The smallest absolute Gasteiger partial charge is 0.256 e. The molecule has 0 saturated heterocycles. The molecule has 0 aliphatic carbocycles. The lowest BCUT2D eigenvalue weighted by Crippen LogP contribution is -2.19. The van der Waals surface area contributed by atoms with E-state index in [4.69, 9.17) is 4.98 Å². The van der Waals surface area contributed by atoms with E-state index in [0.29, 0.717) is 5.56 Å². The van der Waals surface area contributed by atoms with Crippen LogP contribution in [0.1, 0.15) is 22.8 Å². The fraction of sp³-hybridized carbons (Fsp3) is 0.160. The molecule has 0 fully saturated rings. The predicted molar refractivity (Wildman–Crippen MR) is 121 cm³/mol. The molecule has 1 aliphatic rings. The van der Waals surface area contributed by atoms with Crippen molar-refractivity contribution in [2.45, 2.75) is 13.3 Å². The van der Waals surface area contributed by atoms with Crippen LogP contribution >= 0.6 is 0 Å². The number of nitrogens with zero attached hydrogens (tertiary/aromatic N) is 3. The highest BCUT2D eigenvalue weighted by atomic mass is 16.1. The number of amides is 1. The summed E-state index contributed by atoms with van der Waals surface area (Å²) in [6, 6.07) is 19.6. The van der Waals surface area contributed by atoms with E-state index in [1.165, 1.54) is 11.3 Å². The summed E-state index contributed by atoms with van der Waals surface area (Å²) < 4.78 is 0. The Morgan fingerprint density at radius 2 is 1.90 bits per heavy atom. The van der Waals surface area contributed by atoms with Crippen LogP contribution in [0.2, 0.25) is 0 Å². The van der Waals surface area contributed by atoms with Crippen LogP contribution in [0.3, 0.4) is 0 Å². The van der Waals surface area contributed by atoms with Gasteiger partial charge in [0.05, 0.1) is 16.8 Å². The minimum absolute atomic E-state index is 0.134. The number of rotatable bonds is 4. The molecule has 30 heavy (non-hydrogen) atoms. The SMILES string of the molecule is CCN1CCc2ccc(NC(=O)c3cc(-c4ccncc4)nc4ccccc34)cc21. The van der Waals surface area contributed by atoms with Crippen LogP contribution in [0.4, 0.5) is 11.4 Å². The number of nitrogens with one attached hydrogen (secondary N) is 1. The molecule has 0 spiro atoms. The molecular weight excluding hydrogens is 372 g/mol. The van der Waals surface area contributed by atoms with Crippen molar-refractivity contribution >= 4 is 28.2 Å². The quantitative estimate of drug-likeness (QED) is 0.533.